The molecular formula is C17H25NO2S. The normalized spacial score (nSPS) is 19.5. The lowest BCUT2D eigenvalue weighted by molar-refractivity contribution is -0.137. The maximum atomic E-state index is 10.6. The van der Waals surface area contributed by atoms with Gasteiger partial charge in [0, 0.05) is 18.3 Å². The monoisotopic (exact) mass is 307 g/mol. The van der Waals surface area contributed by atoms with Crippen molar-refractivity contribution in [2.75, 3.05) is 25.4 Å². The maximum Gasteiger partial charge on any atom is 0.304 e. The van der Waals surface area contributed by atoms with Crippen molar-refractivity contribution in [1.29, 1.82) is 0 Å². The van der Waals surface area contributed by atoms with Gasteiger partial charge in [0.05, 0.1) is 6.42 Å². The van der Waals surface area contributed by atoms with Gasteiger partial charge in [-0.3, -0.25) is 4.79 Å². The topological polar surface area (TPSA) is 40.5 Å². The lowest BCUT2D eigenvalue weighted by atomic mass is 10.1. The lowest BCUT2D eigenvalue weighted by Gasteiger charge is -2.32. The number of likely N-dealkylation sites (tertiary alicyclic amines) is 1. The van der Waals surface area contributed by atoms with E-state index in [0.717, 1.165) is 19.5 Å². The summed E-state index contributed by atoms with van der Waals surface area (Å²) in [7, 11) is 0. The first kappa shape index (κ1) is 16.4. The fourth-order valence-electron chi connectivity index (χ4n) is 2.78. The molecular weight excluding hydrogens is 282 g/mol. The van der Waals surface area contributed by atoms with Crippen LogP contribution < -0.4 is 0 Å². The number of carboxylic acids is 1. The number of aliphatic carboxylic acids is 1. The second kappa shape index (κ2) is 9.11. The summed E-state index contributed by atoms with van der Waals surface area (Å²) in [6.07, 6.45) is 5.13. The fraction of sp³-hybridized carbons (Fsp3) is 0.588. The van der Waals surface area contributed by atoms with Gasteiger partial charge in [0.25, 0.3) is 0 Å². The van der Waals surface area contributed by atoms with Gasteiger partial charge in [0.1, 0.15) is 0 Å². The lowest BCUT2D eigenvalue weighted by Crippen LogP contribution is -2.38. The Labute approximate surface area is 131 Å². The first-order valence-electron chi connectivity index (χ1n) is 7.84. The Morgan fingerprint density at radius 1 is 1.33 bits per heavy atom. The zero-order chi connectivity index (χ0) is 14.9. The van der Waals surface area contributed by atoms with Gasteiger partial charge in [-0.2, -0.15) is 11.8 Å². The molecule has 0 radical (unpaired) electrons. The number of thioether (sulfide) groups is 1. The Hall–Kier alpha value is -1.00. The highest BCUT2D eigenvalue weighted by Gasteiger charge is 2.20. The van der Waals surface area contributed by atoms with Gasteiger partial charge in [-0.1, -0.05) is 30.3 Å². The Morgan fingerprint density at radius 2 is 2.14 bits per heavy atom. The van der Waals surface area contributed by atoms with E-state index >= 15 is 0 Å². The van der Waals surface area contributed by atoms with Crippen LogP contribution in [0, 0.1) is 0 Å². The molecule has 116 valence electrons. The van der Waals surface area contributed by atoms with Crippen LogP contribution in [0.25, 0.3) is 0 Å². The third kappa shape index (κ3) is 6.53. The van der Waals surface area contributed by atoms with E-state index in [1.54, 1.807) is 0 Å². The summed E-state index contributed by atoms with van der Waals surface area (Å²) in [5.74, 6) is 0.513. The molecule has 1 unspecified atom stereocenters. The molecule has 1 aromatic carbocycles. The number of hydrogen-bond donors (Lipinski definition) is 1. The molecule has 4 heteroatoms. The Bertz CT molecular complexity index is 424. The smallest absolute Gasteiger partial charge is 0.304 e. The maximum absolute atomic E-state index is 10.6. The number of piperidine rings is 1. The van der Waals surface area contributed by atoms with E-state index < -0.39 is 5.97 Å². The second-order valence-corrected chi connectivity index (χ2v) is 7.08. The van der Waals surface area contributed by atoms with E-state index in [1.165, 1.54) is 30.6 Å². The minimum absolute atomic E-state index is 0.269. The number of hydrogen-bond acceptors (Lipinski definition) is 3. The predicted molar refractivity (Wildman–Crippen MR) is 88.9 cm³/mol. The van der Waals surface area contributed by atoms with Gasteiger partial charge in [0.15, 0.2) is 0 Å². The molecule has 0 aromatic heterocycles. The first-order chi connectivity index (χ1) is 10.2. The average molecular weight is 307 g/mol. The van der Waals surface area contributed by atoms with Gasteiger partial charge < -0.3 is 10.0 Å². The van der Waals surface area contributed by atoms with Crippen LogP contribution in [0.5, 0.6) is 0 Å². The van der Waals surface area contributed by atoms with Crippen molar-refractivity contribution in [3.63, 3.8) is 0 Å². The van der Waals surface area contributed by atoms with Crippen LogP contribution in [0.1, 0.15) is 31.2 Å². The Kier molecular flexibility index (Phi) is 7.10. The summed E-state index contributed by atoms with van der Waals surface area (Å²) in [6, 6.07) is 10.7. The molecule has 1 N–H and O–H groups in total. The minimum atomic E-state index is -0.687. The SMILES string of the molecule is O=C(O)CCN1CCCC(SCCCc2ccccc2)C1. The number of benzene rings is 1. The van der Waals surface area contributed by atoms with Crippen molar-refractivity contribution >= 4 is 17.7 Å². The summed E-state index contributed by atoms with van der Waals surface area (Å²) < 4.78 is 0. The number of rotatable bonds is 8. The highest BCUT2D eigenvalue weighted by Crippen LogP contribution is 2.23. The molecule has 21 heavy (non-hydrogen) atoms. The molecule has 1 atom stereocenters. The van der Waals surface area contributed by atoms with Gasteiger partial charge in [0.2, 0.25) is 0 Å². The number of aryl methyl sites for hydroxylation is 1. The molecule has 1 aliphatic heterocycles. The molecule has 1 aromatic rings. The van der Waals surface area contributed by atoms with Crippen LogP contribution in [0.4, 0.5) is 0 Å². The molecule has 0 bridgehead atoms. The average Bonchev–Trinajstić information content (AvgIpc) is 2.51. The van der Waals surface area contributed by atoms with Crippen LogP contribution in [-0.4, -0.2) is 46.6 Å². The molecule has 3 nitrogen and oxygen atoms in total. The molecule has 1 aliphatic rings. The van der Waals surface area contributed by atoms with Gasteiger partial charge in [-0.25, -0.2) is 0 Å². The molecule has 0 spiro atoms. The summed E-state index contributed by atoms with van der Waals surface area (Å²) in [5.41, 5.74) is 1.42. The molecule has 0 saturated carbocycles. The molecule has 1 heterocycles. The minimum Gasteiger partial charge on any atom is -0.481 e. The van der Waals surface area contributed by atoms with Crippen LogP contribution in [-0.2, 0) is 11.2 Å². The van der Waals surface area contributed by atoms with Crippen molar-refractivity contribution in [2.24, 2.45) is 0 Å². The standard InChI is InChI=1S/C17H25NO2S/c19-17(20)10-12-18-11-4-9-16(14-18)21-13-5-8-15-6-2-1-3-7-15/h1-3,6-7,16H,4-5,8-14H2,(H,19,20). The third-order valence-electron chi connectivity index (χ3n) is 3.91. The number of carboxylic acid groups (broad SMARTS) is 1. The van der Waals surface area contributed by atoms with E-state index in [2.05, 4.69) is 47.0 Å². The molecule has 2 rings (SSSR count). The summed E-state index contributed by atoms with van der Waals surface area (Å²) in [6.45, 7) is 2.83. The summed E-state index contributed by atoms with van der Waals surface area (Å²) in [5, 5.41) is 9.44. The summed E-state index contributed by atoms with van der Waals surface area (Å²) in [4.78, 5) is 12.9. The van der Waals surface area contributed by atoms with E-state index in [4.69, 9.17) is 5.11 Å². The van der Waals surface area contributed by atoms with Crippen LogP contribution >= 0.6 is 11.8 Å². The highest BCUT2D eigenvalue weighted by atomic mass is 32.2. The van der Waals surface area contributed by atoms with Gasteiger partial charge in [-0.15, -0.1) is 0 Å². The first-order valence-corrected chi connectivity index (χ1v) is 8.88. The van der Waals surface area contributed by atoms with Gasteiger partial charge >= 0.3 is 5.97 Å². The van der Waals surface area contributed by atoms with Crippen molar-refractivity contribution in [2.45, 2.75) is 37.4 Å². The van der Waals surface area contributed by atoms with Crippen molar-refractivity contribution in [3.05, 3.63) is 35.9 Å². The second-order valence-electron chi connectivity index (χ2n) is 5.67. The van der Waals surface area contributed by atoms with E-state index in [1.807, 2.05) is 0 Å². The van der Waals surface area contributed by atoms with Crippen molar-refractivity contribution < 1.29 is 9.90 Å². The predicted octanol–water partition coefficient (Wildman–Crippen LogP) is 3.29. The van der Waals surface area contributed by atoms with Crippen LogP contribution in [0.2, 0.25) is 0 Å². The number of nitrogens with zero attached hydrogens (tertiary/aromatic N) is 1. The Morgan fingerprint density at radius 3 is 2.90 bits per heavy atom. The van der Waals surface area contributed by atoms with Crippen LogP contribution in [0.15, 0.2) is 30.3 Å². The zero-order valence-electron chi connectivity index (χ0n) is 12.5. The molecule has 0 amide bonds. The molecule has 1 saturated heterocycles. The van der Waals surface area contributed by atoms with Crippen LogP contribution in [0.3, 0.4) is 0 Å². The van der Waals surface area contributed by atoms with E-state index in [9.17, 15) is 4.79 Å². The zero-order valence-corrected chi connectivity index (χ0v) is 13.4. The quantitative estimate of drug-likeness (QED) is 0.748. The fourth-order valence-corrected chi connectivity index (χ4v) is 4.07. The van der Waals surface area contributed by atoms with Crippen molar-refractivity contribution in [3.8, 4) is 0 Å². The third-order valence-corrected chi connectivity index (χ3v) is 5.29. The molecule has 1 fully saturated rings. The van der Waals surface area contributed by atoms with Gasteiger partial charge in [-0.05, 0) is 43.5 Å². The Balaban J connectivity index is 1.60. The highest BCUT2D eigenvalue weighted by molar-refractivity contribution is 7.99. The van der Waals surface area contributed by atoms with Crippen molar-refractivity contribution in [1.82, 2.24) is 4.90 Å². The number of carbonyl (C=O) groups is 1. The van der Waals surface area contributed by atoms with E-state index in [0.29, 0.717) is 11.8 Å². The molecule has 0 aliphatic carbocycles. The van der Waals surface area contributed by atoms with E-state index in [-0.39, 0.29) is 6.42 Å². The largest absolute Gasteiger partial charge is 0.481 e. The summed E-state index contributed by atoms with van der Waals surface area (Å²) >= 11 is 2.07.